The van der Waals surface area contributed by atoms with E-state index in [-0.39, 0.29) is 12.1 Å². The fourth-order valence-electron chi connectivity index (χ4n) is 3.29. The van der Waals surface area contributed by atoms with E-state index in [9.17, 15) is 9.90 Å². The third kappa shape index (κ3) is 4.58. The average molecular weight is 359 g/mol. The number of aryl methyl sites for hydroxylation is 1. The fourth-order valence-corrected chi connectivity index (χ4v) is 3.94. The van der Waals surface area contributed by atoms with Crippen molar-refractivity contribution in [2.45, 2.75) is 44.8 Å². The van der Waals surface area contributed by atoms with Crippen LogP contribution >= 0.6 is 11.3 Å². The Balaban J connectivity index is 1.53. The number of likely N-dealkylation sites (tertiary alicyclic amines) is 1. The van der Waals surface area contributed by atoms with Crippen LogP contribution in [0.3, 0.4) is 0 Å². The fraction of sp³-hybridized carbons (Fsp3) is 0.474. The quantitative estimate of drug-likeness (QED) is 0.880. The molecule has 0 unspecified atom stereocenters. The summed E-state index contributed by atoms with van der Waals surface area (Å²) in [7, 11) is 0. The zero-order chi connectivity index (χ0) is 17.9. The van der Waals surface area contributed by atoms with Crippen molar-refractivity contribution in [2.75, 3.05) is 13.1 Å². The van der Waals surface area contributed by atoms with Crippen LogP contribution in [0.15, 0.2) is 35.8 Å². The number of benzene rings is 1. The van der Waals surface area contributed by atoms with Gasteiger partial charge in [0, 0.05) is 31.1 Å². The molecule has 1 fully saturated rings. The molecule has 1 aliphatic heterocycles. The minimum Gasteiger partial charge on any atom is -0.389 e. The number of aliphatic hydroxyl groups is 1. The number of piperidine rings is 1. The second kappa shape index (κ2) is 7.54. The number of nitrogens with one attached hydrogen (secondary N) is 1. The van der Waals surface area contributed by atoms with Gasteiger partial charge in [-0.3, -0.25) is 0 Å². The molecule has 1 aromatic carbocycles. The molecule has 134 valence electrons. The topological polar surface area (TPSA) is 65.5 Å². The van der Waals surface area contributed by atoms with Gasteiger partial charge in [-0.2, -0.15) is 0 Å². The van der Waals surface area contributed by atoms with Gasteiger partial charge < -0.3 is 15.3 Å². The zero-order valence-electron chi connectivity index (χ0n) is 14.7. The number of hydrogen-bond donors (Lipinski definition) is 2. The molecule has 1 aliphatic rings. The highest BCUT2D eigenvalue weighted by molar-refractivity contribution is 7.09. The predicted molar refractivity (Wildman–Crippen MR) is 99.7 cm³/mol. The molecule has 0 bridgehead atoms. The maximum absolute atomic E-state index is 12.4. The van der Waals surface area contributed by atoms with E-state index in [1.165, 1.54) is 16.9 Å². The van der Waals surface area contributed by atoms with Crippen molar-refractivity contribution < 1.29 is 9.90 Å². The van der Waals surface area contributed by atoms with Crippen molar-refractivity contribution >= 4 is 17.4 Å². The normalized spacial score (nSPS) is 18.0. The Hall–Kier alpha value is -1.92. The second-order valence-corrected chi connectivity index (χ2v) is 7.84. The lowest BCUT2D eigenvalue weighted by Crippen LogP contribution is -2.51. The van der Waals surface area contributed by atoms with Gasteiger partial charge in [-0.1, -0.05) is 29.8 Å². The van der Waals surface area contributed by atoms with Crippen molar-refractivity contribution in [1.29, 1.82) is 0 Å². The van der Waals surface area contributed by atoms with E-state index in [0.717, 1.165) is 10.6 Å². The number of nitrogens with zero attached hydrogens (tertiary/aromatic N) is 2. The van der Waals surface area contributed by atoms with Crippen molar-refractivity contribution in [3.63, 3.8) is 0 Å². The highest BCUT2D eigenvalue weighted by Crippen LogP contribution is 2.27. The summed E-state index contributed by atoms with van der Waals surface area (Å²) in [5.41, 5.74) is 1.62. The summed E-state index contributed by atoms with van der Waals surface area (Å²) in [6, 6.07) is 8.08. The Labute approximate surface area is 152 Å². The molecule has 2 aromatic rings. The Morgan fingerprint density at radius 1 is 1.44 bits per heavy atom. The molecule has 1 saturated heterocycles. The predicted octanol–water partition coefficient (Wildman–Crippen LogP) is 3.29. The van der Waals surface area contributed by atoms with Crippen LogP contribution in [0, 0.1) is 6.92 Å². The lowest BCUT2D eigenvalue weighted by Gasteiger charge is -2.38. The molecule has 5 nitrogen and oxygen atoms in total. The standard InChI is InChI=1S/C19H25N3O2S/c1-14-4-3-5-16(12-14)13-19(24)6-9-22(10-7-19)18(23)21-15(2)17-20-8-11-25-17/h3-5,8,11-12,15,24H,6-7,9-10,13H2,1-2H3,(H,21,23)/t15-/m0/s1. The van der Waals surface area contributed by atoms with Crippen LogP contribution in [0.5, 0.6) is 0 Å². The second-order valence-electron chi connectivity index (χ2n) is 6.92. The minimum absolute atomic E-state index is 0.0831. The summed E-state index contributed by atoms with van der Waals surface area (Å²) in [6.07, 6.45) is 3.58. The van der Waals surface area contributed by atoms with E-state index < -0.39 is 5.60 Å². The molecule has 2 amide bonds. The third-order valence-corrected chi connectivity index (χ3v) is 5.72. The number of carbonyl (C=O) groups excluding carboxylic acids is 1. The number of amides is 2. The molecular weight excluding hydrogens is 334 g/mol. The minimum atomic E-state index is -0.731. The largest absolute Gasteiger partial charge is 0.389 e. The van der Waals surface area contributed by atoms with Gasteiger partial charge in [0.2, 0.25) is 0 Å². The summed E-state index contributed by atoms with van der Waals surface area (Å²) in [5, 5.41) is 16.7. The molecule has 0 radical (unpaired) electrons. The van der Waals surface area contributed by atoms with E-state index in [4.69, 9.17) is 0 Å². The van der Waals surface area contributed by atoms with Crippen LogP contribution in [-0.2, 0) is 6.42 Å². The first kappa shape index (κ1) is 17.9. The van der Waals surface area contributed by atoms with Crippen LogP contribution in [0.4, 0.5) is 4.79 Å². The Morgan fingerprint density at radius 2 is 2.20 bits per heavy atom. The van der Waals surface area contributed by atoms with Gasteiger partial charge in [-0.15, -0.1) is 11.3 Å². The first-order valence-corrected chi connectivity index (χ1v) is 9.56. The first-order valence-electron chi connectivity index (χ1n) is 8.68. The number of rotatable bonds is 4. The van der Waals surface area contributed by atoms with Gasteiger partial charge in [0.1, 0.15) is 5.01 Å². The van der Waals surface area contributed by atoms with Crippen molar-refractivity contribution in [3.8, 4) is 0 Å². The molecule has 1 aromatic heterocycles. The lowest BCUT2D eigenvalue weighted by atomic mass is 9.85. The third-order valence-electron chi connectivity index (χ3n) is 4.76. The van der Waals surface area contributed by atoms with E-state index in [0.29, 0.717) is 32.4 Å². The van der Waals surface area contributed by atoms with Gasteiger partial charge in [0.05, 0.1) is 11.6 Å². The number of hydrogen-bond acceptors (Lipinski definition) is 4. The van der Waals surface area contributed by atoms with Crippen LogP contribution in [0.25, 0.3) is 0 Å². The average Bonchev–Trinajstić information content (AvgIpc) is 3.09. The summed E-state index contributed by atoms with van der Waals surface area (Å²) < 4.78 is 0. The van der Waals surface area contributed by atoms with Crippen LogP contribution < -0.4 is 5.32 Å². The van der Waals surface area contributed by atoms with Gasteiger partial charge in [0.15, 0.2) is 0 Å². The maximum atomic E-state index is 12.4. The number of carbonyl (C=O) groups is 1. The Bertz CT molecular complexity index is 709. The molecule has 6 heteroatoms. The molecule has 2 heterocycles. The molecule has 1 atom stereocenters. The molecule has 0 spiro atoms. The van der Waals surface area contributed by atoms with Gasteiger partial charge in [-0.05, 0) is 32.3 Å². The summed E-state index contributed by atoms with van der Waals surface area (Å²) >= 11 is 1.54. The molecular formula is C19H25N3O2S. The Morgan fingerprint density at radius 3 is 2.84 bits per heavy atom. The van der Waals surface area contributed by atoms with E-state index in [2.05, 4.69) is 35.4 Å². The highest BCUT2D eigenvalue weighted by Gasteiger charge is 2.34. The summed E-state index contributed by atoms with van der Waals surface area (Å²) in [6.45, 7) is 5.14. The number of thiazole rings is 1. The Kier molecular flexibility index (Phi) is 5.39. The molecule has 0 saturated carbocycles. The highest BCUT2D eigenvalue weighted by atomic mass is 32.1. The smallest absolute Gasteiger partial charge is 0.317 e. The van der Waals surface area contributed by atoms with Crippen molar-refractivity contribution in [2.24, 2.45) is 0 Å². The van der Waals surface area contributed by atoms with E-state index in [1.54, 1.807) is 11.1 Å². The SMILES string of the molecule is Cc1cccc(CC2(O)CCN(C(=O)N[C@@H](C)c3nccs3)CC2)c1. The molecule has 0 aliphatic carbocycles. The zero-order valence-corrected chi connectivity index (χ0v) is 15.6. The van der Waals surface area contributed by atoms with Gasteiger partial charge >= 0.3 is 6.03 Å². The molecule has 2 N–H and O–H groups in total. The van der Waals surface area contributed by atoms with Gasteiger partial charge in [-0.25, -0.2) is 9.78 Å². The van der Waals surface area contributed by atoms with Crippen molar-refractivity contribution in [3.05, 3.63) is 52.0 Å². The number of urea groups is 1. The van der Waals surface area contributed by atoms with Crippen LogP contribution in [0.1, 0.15) is 41.9 Å². The summed E-state index contributed by atoms with van der Waals surface area (Å²) in [4.78, 5) is 18.5. The summed E-state index contributed by atoms with van der Waals surface area (Å²) in [5.74, 6) is 0. The maximum Gasteiger partial charge on any atom is 0.317 e. The van der Waals surface area contributed by atoms with Crippen LogP contribution in [0.2, 0.25) is 0 Å². The van der Waals surface area contributed by atoms with Crippen LogP contribution in [-0.4, -0.2) is 39.7 Å². The van der Waals surface area contributed by atoms with E-state index >= 15 is 0 Å². The van der Waals surface area contributed by atoms with Gasteiger partial charge in [0.25, 0.3) is 0 Å². The molecule has 25 heavy (non-hydrogen) atoms. The van der Waals surface area contributed by atoms with E-state index in [1.807, 2.05) is 18.4 Å². The lowest BCUT2D eigenvalue weighted by molar-refractivity contribution is -0.0117. The van der Waals surface area contributed by atoms with Crippen molar-refractivity contribution in [1.82, 2.24) is 15.2 Å². The molecule has 3 rings (SSSR count). The first-order chi connectivity index (χ1) is 12.0. The monoisotopic (exact) mass is 359 g/mol. The number of aromatic nitrogens is 1.